The number of anilines is 1. The fourth-order valence-corrected chi connectivity index (χ4v) is 4.18. The van der Waals surface area contributed by atoms with Gasteiger partial charge in [-0.25, -0.2) is 8.42 Å². The van der Waals surface area contributed by atoms with Gasteiger partial charge >= 0.3 is 0 Å². The largest absolute Gasteiger partial charge is 0.492 e. The van der Waals surface area contributed by atoms with Gasteiger partial charge in [0.05, 0.1) is 18.5 Å². The van der Waals surface area contributed by atoms with E-state index in [1.54, 1.807) is 49.4 Å². The first-order valence-electron chi connectivity index (χ1n) is 8.63. The highest BCUT2D eigenvalue weighted by molar-refractivity contribution is 7.92. The molecular weight excluding hydrogens is 423 g/mol. The van der Waals surface area contributed by atoms with E-state index in [2.05, 4.69) is 5.32 Å². The summed E-state index contributed by atoms with van der Waals surface area (Å²) < 4.78 is 31.3. The number of nitrogens with one attached hydrogen (secondary N) is 1. The van der Waals surface area contributed by atoms with Gasteiger partial charge in [0.15, 0.2) is 0 Å². The van der Waals surface area contributed by atoms with Gasteiger partial charge in [-0.15, -0.1) is 0 Å². The highest BCUT2D eigenvalue weighted by Crippen LogP contribution is 2.25. The second-order valence-electron chi connectivity index (χ2n) is 6.06. The van der Waals surface area contributed by atoms with Gasteiger partial charge < -0.3 is 10.1 Å². The lowest BCUT2D eigenvalue weighted by molar-refractivity contribution is -0.122. The Morgan fingerprint density at radius 1 is 1.14 bits per heavy atom. The van der Waals surface area contributed by atoms with Gasteiger partial charge in [0.2, 0.25) is 15.9 Å². The van der Waals surface area contributed by atoms with Crippen LogP contribution in [0.1, 0.15) is 13.3 Å². The van der Waals surface area contributed by atoms with E-state index in [4.69, 9.17) is 27.9 Å². The molecule has 0 fully saturated rings. The zero-order valence-corrected chi connectivity index (χ0v) is 17.9. The molecule has 1 atom stereocenters. The van der Waals surface area contributed by atoms with Crippen LogP contribution in [0.25, 0.3) is 0 Å². The van der Waals surface area contributed by atoms with Gasteiger partial charge in [0, 0.05) is 10.0 Å². The molecule has 0 bridgehead atoms. The van der Waals surface area contributed by atoms with Crippen molar-refractivity contribution in [3.63, 3.8) is 0 Å². The van der Waals surface area contributed by atoms with Crippen molar-refractivity contribution in [2.75, 3.05) is 23.7 Å². The summed E-state index contributed by atoms with van der Waals surface area (Å²) in [6.07, 6.45) is 1.36. The summed E-state index contributed by atoms with van der Waals surface area (Å²) in [4.78, 5) is 12.7. The van der Waals surface area contributed by atoms with E-state index >= 15 is 0 Å². The zero-order chi connectivity index (χ0) is 20.7. The second kappa shape index (κ2) is 10.0. The quantitative estimate of drug-likeness (QED) is 0.597. The standard InChI is InChI=1S/C19H22Cl2N2O4S/c1-3-18(23(28(2,25)26)16-6-4-5-15(21)13-16)19(24)22-11-12-27-17-9-7-14(20)8-10-17/h4-10,13,18H,3,11-12H2,1-2H3,(H,22,24)/t18-/m1/s1. The Hall–Kier alpha value is -1.96. The SMILES string of the molecule is CC[C@H](C(=O)NCCOc1ccc(Cl)cc1)N(c1cccc(Cl)c1)S(C)(=O)=O. The van der Waals surface area contributed by atoms with Crippen molar-refractivity contribution in [3.8, 4) is 5.75 Å². The van der Waals surface area contributed by atoms with Gasteiger partial charge in [-0.3, -0.25) is 9.10 Å². The average Bonchev–Trinajstić information content (AvgIpc) is 2.63. The normalized spacial score (nSPS) is 12.3. The third-order valence-electron chi connectivity index (χ3n) is 3.88. The molecule has 2 aromatic carbocycles. The van der Waals surface area contributed by atoms with Crippen molar-refractivity contribution in [1.82, 2.24) is 5.32 Å². The molecule has 0 saturated carbocycles. The summed E-state index contributed by atoms with van der Waals surface area (Å²) in [7, 11) is -3.70. The van der Waals surface area contributed by atoms with Crippen molar-refractivity contribution in [2.45, 2.75) is 19.4 Å². The van der Waals surface area contributed by atoms with Crippen LogP contribution in [0.5, 0.6) is 5.75 Å². The number of rotatable bonds is 9. The monoisotopic (exact) mass is 444 g/mol. The minimum atomic E-state index is -3.70. The first-order chi connectivity index (χ1) is 13.2. The molecule has 0 saturated heterocycles. The van der Waals surface area contributed by atoms with Crippen molar-refractivity contribution < 1.29 is 17.9 Å². The molecule has 1 N–H and O–H groups in total. The van der Waals surface area contributed by atoms with E-state index in [0.29, 0.717) is 27.9 Å². The Balaban J connectivity index is 2.04. The third-order valence-corrected chi connectivity index (χ3v) is 5.54. The topological polar surface area (TPSA) is 75.7 Å². The fourth-order valence-electron chi connectivity index (χ4n) is 2.67. The van der Waals surface area contributed by atoms with E-state index in [0.717, 1.165) is 10.6 Å². The second-order valence-corrected chi connectivity index (χ2v) is 8.79. The summed E-state index contributed by atoms with van der Waals surface area (Å²) in [5.74, 6) is 0.218. The molecule has 1 amide bonds. The van der Waals surface area contributed by atoms with Gasteiger partial charge in [-0.2, -0.15) is 0 Å². The number of ether oxygens (including phenoxy) is 1. The number of hydrogen-bond acceptors (Lipinski definition) is 4. The lowest BCUT2D eigenvalue weighted by Gasteiger charge is -2.30. The molecule has 0 aliphatic heterocycles. The molecule has 6 nitrogen and oxygen atoms in total. The molecule has 2 rings (SSSR count). The first-order valence-corrected chi connectivity index (χ1v) is 11.2. The van der Waals surface area contributed by atoms with Crippen LogP contribution in [-0.4, -0.2) is 39.8 Å². The Kier molecular flexibility index (Phi) is 7.98. The van der Waals surface area contributed by atoms with E-state index in [1.807, 2.05) is 0 Å². The summed E-state index contributed by atoms with van der Waals surface area (Å²) in [6.45, 7) is 2.21. The number of carbonyl (C=O) groups is 1. The predicted molar refractivity (Wildman–Crippen MR) is 113 cm³/mol. The summed E-state index contributed by atoms with van der Waals surface area (Å²) in [5, 5.41) is 3.71. The van der Waals surface area contributed by atoms with Crippen LogP contribution < -0.4 is 14.4 Å². The maximum Gasteiger partial charge on any atom is 0.244 e. The highest BCUT2D eigenvalue weighted by atomic mass is 35.5. The predicted octanol–water partition coefficient (Wildman–Crippen LogP) is 3.73. The molecule has 0 unspecified atom stereocenters. The molecular formula is C19H22Cl2N2O4S. The molecule has 0 aliphatic rings. The van der Waals surface area contributed by atoms with Crippen molar-refractivity contribution in [2.24, 2.45) is 0 Å². The van der Waals surface area contributed by atoms with Gasteiger partial charge in [-0.05, 0) is 48.9 Å². The van der Waals surface area contributed by atoms with Crippen LogP contribution in [0.15, 0.2) is 48.5 Å². The minimum Gasteiger partial charge on any atom is -0.492 e. The molecule has 2 aromatic rings. The minimum absolute atomic E-state index is 0.227. The Morgan fingerprint density at radius 2 is 1.82 bits per heavy atom. The molecule has 0 spiro atoms. The lowest BCUT2D eigenvalue weighted by Crippen LogP contribution is -2.50. The maximum atomic E-state index is 12.7. The van der Waals surface area contributed by atoms with Crippen LogP contribution >= 0.6 is 23.2 Å². The van der Waals surface area contributed by atoms with Crippen LogP contribution in [0, 0.1) is 0 Å². The number of benzene rings is 2. The number of nitrogens with zero attached hydrogens (tertiary/aromatic N) is 1. The number of halogens is 2. The van der Waals surface area contributed by atoms with Crippen LogP contribution in [0.2, 0.25) is 10.0 Å². The van der Waals surface area contributed by atoms with Crippen LogP contribution in [-0.2, 0) is 14.8 Å². The highest BCUT2D eigenvalue weighted by Gasteiger charge is 2.31. The third kappa shape index (κ3) is 6.29. The summed E-state index contributed by atoms with van der Waals surface area (Å²) in [5.41, 5.74) is 0.342. The van der Waals surface area contributed by atoms with Gasteiger partial charge in [0.1, 0.15) is 18.4 Å². The Bertz CT molecular complexity index is 904. The zero-order valence-electron chi connectivity index (χ0n) is 15.6. The van der Waals surface area contributed by atoms with Crippen LogP contribution in [0.4, 0.5) is 5.69 Å². The summed E-state index contributed by atoms with van der Waals surface area (Å²) in [6, 6.07) is 12.4. The molecule has 9 heteroatoms. The molecule has 0 radical (unpaired) electrons. The van der Waals surface area contributed by atoms with E-state index < -0.39 is 22.0 Å². The number of carbonyl (C=O) groups excluding carboxylic acids is 1. The number of amides is 1. The Morgan fingerprint density at radius 3 is 2.39 bits per heavy atom. The smallest absolute Gasteiger partial charge is 0.244 e. The lowest BCUT2D eigenvalue weighted by atomic mass is 10.2. The van der Waals surface area contributed by atoms with Gasteiger partial charge in [0.25, 0.3) is 0 Å². The van der Waals surface area contributed by atoms with Crippen molar-refractivity contribution in [3.05, 3.63) is 58.6 Å². The van der Waals surface area contributed by atoms with Gasteiger partial charge in [-0.1, -0.05) is 36.2 Å². The number of sulfonamides is 1. The van der Waals surface area contributed by atoms with Crippen LogP contribution in [0.3, 0.4) is 0 Å². The average molecular weight is 445 g/mol. The number of hydrogen-bond donors (Lipinski definition) is 1. The summed E-state index contributed by atoms with van der Waals surface area (Å²) >= 11 is 11.8. The Labute approximate surface area is 175 Å². The molecule has 152 valence electrons. The van der Waals surface area contributed by atoms with E-state index in [1.165, 1.54) is 6.07 Å². The molecule has 0 aliphatic carbocycles. The molecule has 0 heterocycles. The molecule has 0 aromatic heterocycles. The van der Waals surface area contributed by atoms with Crippen molar-refractivity contribution >= 4 is 44.8 Å². The molecule has 28 heavy (non-hydrogen) atoms. The fraction of sp³-hybridized carbons (Fsp3) is 0.316. The maximum absolute atomic E-state index is 12.7. The first kappa shape index (κ1) is 22.3. The van der Waals surface area contributed by atoms with Crippen molar-refractivity contribution in [1.29, 1.82) is 0 Å². The van der Waals surface area contributed by atoms with E-state index in [-0.39, 0.29) is 13.2 Å². The van der Waals surface area contributed by atoms with E-state index in [9.17, 15) is 13.2 Å².